The number of imide groups is 1. The number of carbonyl (C=O) groups excluding carboxylic acids is 2. The molecule has 8 rings (SSSR count). The van der Waals surface area contributed by atoms with Crippen LogP contribution in [-0.2, 0) is 14.4 Å². The van der Waals surface area contributed by atoms with Crippen LogP contribution in [0.1, 0.15) is 66.2 Å². The standard InChI is InChI=1S/C34H39NO4/c1-19(2)23-18-34-16-13-25-32(3,14-8-15-33(25,4)31(38)39)26(34)17-22(23)27-28(34)30(37)35(29(27)36)24-12-7-10-20-9-5-6-11-21(20)24/h5-7,9-12,18-19,22,25-28H,8,13-17H2,1-4H3,(H,38,39)/t22-,25+,26+,27-,28+,32+,33-,34-/m1/s1. The van der Waals surface area contributed by atoms with Crippen LogP contribution in [0.4, 0.5) is 5.69 Å². The fourth-order valence-corrected chi connectivity index (χ4v) is 10.6. The van der Waals surface area contributed by atoms with Gasteiger partial charge in [-0.2, -0.15) is 0 Å². The Balaban J connectivity index is 1.38. The Labute approximate surface area is 230 Å². The number of anilines is 1. The number of aliphatic carboxylic acids is 1. The molecule has 8 atom stereocenters. The maximum Gasteiger partial charge on any atom is 0.309 e. The highest BCUT2D eigenvalue weighted by molar-refractivity contribution is 6.25. The lowest BCUT2D eigenvalue weighted by Gasteiger charge is -2.68. The molecule has 2 aromatic carbocycles. The Morgan fingerprint density at radius 2 is 1.72 bits per heavy atom. The van der Waals surface area contributed by atoms with Crippen molar-refractivity contribution in [1.82, 2.24) is 0 Å². The number of carboxylic acid groups (broad SMARTS) is 1. The van der Waals surface area contributed by atoms with Crippen molar-refractivity contribution in [2.75, 3.05) is 4.90 Å². The summed E-state index contributed by atoms with van der Waals surface area (Å²) < 4.78 is 0. The molecule has 4 fully saturated rings. The molecule has 1 aliphatic heterocycles. The minimum atomic E-state index is -0.736. The molecule has 204 valence electrons. The maximum atomic E-state index is 14.6. The van der Waals surface area contributed by atoms with Gasteiger partial charge in [-0.1, -0.05) is 75.2 Å². The van der Waals surface area contributed by atoms with Gasteiger partial charge in [-0.3, -0.25) is 14.4 Å². The lowest BCUT2D eigenvalue weighted by Crippen LogP contribution is -2.65. The zero-order valence-corrected chi connectivity index (χ0v) is 23.4. The third-order valence-electron chi connectivity index (χ3n) is 12.2. The molecule has 2 aromatic rings. The number of carbonyl (C=O) groups is 3. The summed E-state index contributed by atoms with van der Waals surface area (Å²) in [6, 6.07) is 13.9. The number of fused-ring (bicyclic) bond motifs is 2. The van der Waals surface area contributed by atoms with E-state index >= 15 is 0 Å². The monoisotopic (exact) mass is 525 g/mol. The second-order valence-corrected chi connectivity index (χ2v) is 14.0. The normalized spacial score (nSPS) is 40.9. The first kappa shape index (κ1) is 25.0. The van der Waals surface area contributed by atoms with E-state index in [1.165, 1.54) is 10.5 Å². The zero-order chi connectivity index (χ0) is 27.5. The van der Waals surface area contributed by atoms with Gasteiger partial charge in [0.25, 0.3) is 0 Å². The lowest BCUT2D eigenvalue weighted by atomic mass is 9.34. The molecule has 0 radical (unpaired) electrons. The van der Waals surface area contributed by atoms with Crippen molar-refractivity contribution in [1.29, 1.82) is 0 Å². The molecule has 1 heterocycles. The van der Waals surface area contributed by atoms with Crippen molar-refractivity contribution in [3.63, 3.8) is 0 Å². The second kappa shape index (κ2) is 8.05. The van der Waals surface area contributed by atoms with Gasteiger partial charge in [-0.25, -0.2) is 4.90 Å². The highest BCUT2D eigenvalue weighted by Crippen LogP contribution is 2.74. The van der Waals surface area contributed by atoms with Crippen LogP contribution < -0.4 is 4.90 Å². The predicted octanol–water partition coefficient (Wildman–Crippen LogP) is 6.86. The number of amides is 2. The number of hydrogen-bond donors (Lipinski definition) is 1. The van der Waals surface area contributed by atoms with Gasteiger partial charge in [0, 0.05) is 10.8 Å². The smallest absolute Gasteiger partial charge is 0.309 e. The summed E-state index contributed by atoms with van der Waals surface area (Å²) in [4.78, 5) is 43.1. The van der Waals surface area contributed by atoms with Gasteiger partial charge < -0.3 is 5.11 Å². The molecule has 5 nitrogen and oxygen atoms in total. The Hall–Kier alpha value is -2.95. The topological polar surface area (TPSA) is 74.7 Å². The van der Waals surface area contributed by atoms with Crippen molar-refractivity contribution in [3.05, 3.63) is 54.1 Å². The first-order chi connectivity index (χ1) is 18.5. The fourth-order valence-electron chi connectivity index (χ4n) is 10.6. The predicted molar refractivity (Wildman–Crippen MR) is 151 cm³/mol. The highest BCUT2D eigenvalue weighted by Gasteiger charge is 2.73. The van der Waals surface area contributed by atoms with Crippen LogP contribution in [0.5, 0.6) is 0 Å². The summed E-state index contributed by atoms with van der Waals surface area (Å²) in [6.45, 7) is 8.71. The van der Waals surface area contributed by atoms with Crippen LogP contribution in [0.2, 0.25) is 0 Å². The minimum Gasteiger partial charge on any atom is -0.481 e. The third-order valence-corrected chi connectivity index (χ3v) is 12.2. The van der Waals surface area contributed by atoms with Crippen LogP contribution in [0, 0.1) is 51.8 Å². The molecule has 5 heteroatoms. The second-order valence-electron chi connectivity index (χ2n) is 14.0. The van der Waals surface area contributed by atoms with Gasteiger partial charge >= 0.3 is 5.97 Å². The molecule has 2 bridgehead atoms. The van der Waals surface area contributed by atoms with Crippen molar-refractivity contribution in [3.8, 4) is 0 Å². The summed E-state index contributed by atoms with van der Waals surface area (Å²) in [5.41, 5.74) is 0.744. The Kier molecular flexibility index (Phi) is 5.17. The van der Waals surface area contributed by atoms with E-state index in [9.17, 15) is 19.5 Å². The lowest BCUT2D eigenvalue weighted by molar-refractivity contribution is -0.194. The van der Waals surface area contributed by atoms with Gasteiger partial charge in [-0.05, 0) is 79.6 Å². The molecule has 2 amide bonds. The number of nitrogens with zero attached hydrogens (tertiary/aromatic N) is 1. The van der Waals surface area contributed by atoms with Crippen LogP contribution in [0.3, 0.4) is 0 Å². The van der Waals surface area contributed by atoms with Gasteiger partial charge in [0.2, 0.25) is 11.8 Å². The Morgan fingerprint density at radius 3 is 2.46 bits per heavy atom. The van der Waals surface area contributed by atoms with Crippen LogP contribution >= 0.6 is 0 Å². The van der Waals surface area contributed by atoms with Crippen LogP contribution in [0.15, 0.2) is 54.1 Å². The van der Waals surface area contributed by atoms with Gasteiger partial charge in [0.15, 0.2) is 0 Å². The number of hydrogen-bond acceptors (Lipinski definition) is 3. The SMILES string of the molecule is CC(C)C1=C[C@]23CC[C@H]4[C@](C)(CCC[C@@]4(C)C(=O)O)[C@@H]2C[C@H]1[C@H]1C(=O)N(c2cccc4ccccc24)C(=O)[C@H]13. The van der Waals surface area contributed by atoms with Gasteiger partial charge in [-0.15, -0.1) is 0 Å². The molecular formula is C34H39NO4. The molecule has 1 saturated heterocycles. The Bertz CT molecular complexity index is 1450. The fraction of sp³-hybridized carbons (Fsp3) is 0.559. The molecule has 0 aromatic heterocycles. The number of carboxylic acids is 1. The first-order valence-corrected chi connectivity index (χ1v) is 14.9. The summed E-state index contributed by atoms with van der Waals surface area (Å²) in [5, 5.41) is 12.3. The summed E-state index contributed by atoms with van der Waals surface area (Å²) in [7, 11) is 0. The summed E-state index contributed by atoms with van der Waals surface area (Å²) >= 11 is 0. The first-order valence-electron chi connectivity index (χ1n) is 14.9. The van der Waals surface area contributed by atoms with Crippen LogP contribution in [-0.4, -0.2) is 22.9 Å². The molecule has 1 N–H and O–H groups in total. The Morgan fingerprint density at radius 1 is 0.974 bits per heavy atom. The average Bonchev–Trinajstić information content (AvgIpc) is 3.19. The molecule has 6 aliphatic rings. The van der Waals surface area contributed by atoms with E-state index in [2.05, 4.69) is 26.8 Å². The van der Waals surface area contributed by atoms with E-state index in [1.807, 2.05) is 49.4 Å². The third kappa shape index (κ3) is 3.00. The summed E-state index contributed by atoms with van der Waals surface area (Å²) in [5.74, 6) is -0.828. The molecule has 0 unspecified atom stereocenters. The molecular weight excluding hydrogens is 486 g/mol. The van der Waals surface area contributed by atoms with E-state index < -0.39 is 16.8 Å². The van der Waals surface area contributed by atoms with E-state index in [0.29, 0.717) is 11.6 Å². The molecule has 1 spiro atoms. The number of benzene rings is 2. The van der Waals surface area contributed by atoms with Crippen molar-refractivity contribution in [2.45, 2.75) is 66.2 Å². The quantitative estimate of drug-likeness (QED) is 0.351. The largest absolute Gasteiger partial charge is 0.481 e. The number of allylic oxidation sites excluding steroid dienone is 2. The van der Waals surface area contributed by atoms with Crippen molar-refractivity contribution in [2.24, 2.45) is 51.8 Å². The molecule has 3 saturated carbocycles. The van der Waals surface area contributed by atoms with Gasteiger partial charge in [0.1, 0.15) is 0 Å². The number of rotatable bonds is 3. The minimum absolute atomic E-state index is 0.0342. The van der Waals surface area contributed by atoms with E-state index in [1.54, 1.807) is 0 Å². The molecule has 5 aliphatic carbocycles. The van der Waals surface area contributed by atoms with E-state index in [4.69, 9.17) is 0 Å². The van der Waals surface area contributed by atoms with E-state index in [0.717, 1.165) is 49.3 Å². The van der Waals surface area contributed by atoms with Crippen molar-refractivity contribution >= 4 is 34.2 Å². The molecule has 39 heavy (non-hydrogen) atoms. The zero-order valence-electron chi connectivity index (χ0n) is 23.4. The van der Waals surface area contributed by atoms with Crippen molar-refractivity contribution < 1.29 is 19.5 Å². The maximum absolute atomic E-state index is 14.6. The summed E-state index contributed by atoms with van der Waals surface area (Å²) in [6.07, 6.45) is 7.53. The van der Waals surface area contributed by atoms with E-state index in [-0.39, 0.29) is 46.8 Å². The van der Waals surface area contributed by atoms with Gasteiger partial charge in [0.05, 0.1) is 22.9 Å². The highest BCUT2D eigenvalue weighted by atomic mass is 16.4. The van der Waals surface area contributed by atoms with Crippen LogP contribution in [0.25, 0.3) is 10.8 Å². The average molecular weight is 526 g/mol.